The van der Waals surface area contributed by atoms with Crippen molar-refractivity contribution in [3.05, 3.63) is 85.1 Å². The van der Waals surface area contributed by atoms with Crippen LogP contribution in [-0.4, -0.2) is 37.2 Å². The zero-order valence-corrected chi connectivity index (χ0v) is 46.7. The van der Waals surface area contributed by atoms with E-state index in [1.165, 1.54) is 148 Å². The Kier molecular flexibility index (Phi) is 56.3. The fraction of sp³-hybridized carbons (Fsp3) is 0.738. The Morgan fingerprint density at radius 1 is 0.296 bits per heavy atom. The molecule has 0 saturated heterocycles. The molecule has 0 fully saturated rings. The summed E-state index contributed by atoms with van der Waals surface area (Å²) in [5, 5.41) is 0. The van der Waals surface area contributed by atoms with Crippen LogP contribution in [0.5, 0.6) is 0 Å². The van der Waals surface area contributed by atoms with Crippen molar-refractivity contribution in [3.8, 4) is 0 Å². The van der Waals surface area contributed by atoms with Gasteiger partial charge < -0.3 is 14.2 Å². The van der Waals surface area contributed by atoms with Gasteiger partial charge in [0.2, 0.25) is 0 Å². The van der Waals surface area contributed by atoms with E-state index in [1.54, 1.807) is 0 Å². The second kappa shape index (κ2) is 59.2. The first-order valence-corrected chi connectivity index (χ1v) is 30.1. The summed E-state index contributed by atoms with van der Waals surface area (Å²) in [5.41, 5.74) is 0. The molecule has 0 aliphatic heterocycles. The highest BCUT2D eigenvalue weighted by Crippen LogP contribution is 2.16. The van der Waals surface area contributed by atoms with Gasteiger partial charge in [0.05, 0.1) is 0 Å². The van der Waals surface area contributed by atoms with Gasteiger partial charge in [-0.05, 0) is 96.3 Å². The summed E-state index contributed by atoms with van der Waals surface area (Å²) < 4.78 is 16.9. The maximum Gasteiger partial charge on any atom is 0.306 e. The van der Waals surface area contributed by atoms with Crippen LogP contribution in [0, 0.1) is 0 Å². The van der Waals surface area contributed by atoms with E-state index in [0.717, 1.165) is 103 Å². The van der Waals surface area contributed by atoms with Gasteiger partial charge in [0, 0.05) is 19.3 Å². The predicted molar refractivity (Wildman–Crippen MR) is 307 cm³/mol. The van der Waals surface area contributed by atoms with E-state index in [1.807, 2.05) is 0 Å². The molecule has 0 radical (unpaired) electrons. The van der Waals surface area contributed by atoms with Gasteiger partial charge in [-0.15, -0.1) is 0 Å². The van der Waals surface area contributed by atoms with Crippen LogP contribution in [0.3, 0.4) is 0 Å². The van der Waals surface area contributed by atoms with Gasteiger partial charge in [-0.3, -0.25) is 14.4 Å². The molecule has 0 N–H and O–H groups in total. The van der Waals surface area contributed by atoms with Crippen LogP contribution in [0.4, 0.5) is 0 Å². The molecule has 0 aromatic rings. The van der Waals surface area contributed by atoms with Crippen LogP contribution in [0.15, 0.2) is 85.1 Å². The first-order valence-electron chi connectivity index (χ1n) is 30.1. The number of carbonyl (C=O) groups excluding carboxylic acids is 3. The van der Waals surface area contributed by atoms with Crippen LogP contribution < -0.4 is 0 Å². The molecule has 0 aromatic heterocycles. The molecule has 0 unspecified atom stereocenters. The Morgan fingerprint density at radius 3 is 0.901 bits per heavy atom. The van der Waals surface area contributed by atoms with Gasteiger partial charge >= 0.3 is 17.9 Å². The highest BCUT2D eigenvalue weighted by molar-refractivity contribution is 5.71. The van der Waals surface area contributed by atoms with E-state index in [4.69, 9.17) is 14.2 Å². The van der Waals surface area contributed by atoms with Crippen LogP contribution in [-0.2, 0) is 28.6 Å². The molecule has 408 valence electrons. The maximum absolute atomic E-state index is 12.9. The molecule has 6 heteroatoms. The number of hydrogen-bond donors (Lipinski definition) is 0. The maximum atomic E-state index is 12.9. The zero-order valence-electron chi connectivity index (χ0n) is 46.7. The smallest absolute Gasteiger partial charge is 0.306 e. The number of unbranched alkanes of at least 4 members (excludes halogenated alkanes) is 29. The van der Waals surface area contributed by atoms with Crippen molar-refractivity contribution in [1.29, 1.82) is 0 Å². The van der Waals surface area contributed by atoms with Crippen molar-refractivity contribution >= 4 is 17.9 Å². The van der Waals surface area contributed by atoms with Crippen molar-refractivity contribution in [2.75, 3.05) is 13.2 Å². The molecule has 0 saturated carbocycles. The minimum Gasteiger partial charge on any atom is -0.462 e. The van der Waals surface area contributed by atoms with Crippen LogP contribution >= 0.6 is 0 Å². The van der Waals surface area contributed by atoms with Gasteiger partial charge in [-0.25, -0.2) is 0 Å². The minimum absolute atomic E-state index is 0.0874. The second-order valence-electron chi connectivity index (χ2n) is 19.9. The molecule has 0 aliphatic rings. The molecule has 1 atom stereocenters. The summed E-state index contributed by atoms with van der Waals surface area (Å²) in [7, 11) is 0. The highest BCUT2D eigenvalue weighted by Gasteiger charge is 2.19. The van der Waals surface area contributed by atoms with E-state index in [9.17, 15) is 14.4 Å². The Hall–Kier alpha value is -3.41. The van der Waals surface area contributed by atoms with Crippen molar-refractivity contribution in [2.24, 2.45) is 0 Å². The fourth-order valence-electron chi connectivity index (χ4n) is 8.38. The van der Waals surface area contributed by atoms with Crippen LogP contribution in [0.2, 0.25) is 0 Å². The molecular formula is C65H112O6. The van der Waals surface area contributed by atoms with Crippen molar-refractivity contribution < 1.29 is 28.6 Å². The number of carbonyl (C=O) groups is 3. The average molecular weight is 990 g/mol. The van der Waals surface area contributed by atoms with Gasteiger partial charge in [0.25, 0.3) is 0 Å². The lowest BCUT2D eigenvalue weighted by Crippen LogP contribution is -2.30. The normalized spacial score (nSPS) is 12.7. The highest BCUT2D eigenvalue weighted by atomic mass is 16.6. The average Bonchev–Trinajstić information content (AvgIpc) is 3.37. The van der Waals surface area contributed by atoms with Gasteiger partial charge in [0.1, 0.15) is 13.2 Å². The summed E-state index contributed by atoms with van der Waals surface area (Å²) in [6.07, 6.45) is 77.1. The lowest BCUT2D eigenvalue weighted by atomic mass is 10.0. The second-order valence-corrected chi connectivity index (χ2v) is 19.9. The molecule has 0 amide bonds. The van der Waals surface area contributed by atoms with Crippen LogP contribution in [0.25, 0.3) is 0 Å². The van der Waals surface area contributed by atoms with Gasteiger partial charge in [0.15, 0.2) is 6.10 Å². The Morgan fingerprint density at radius 2 is 0.549 bits per heavy atom. The van der Waals surface area contributed by atoms with Gasteiger partial charge in [-0.2, -0.15) is 0 Å². The van der Waals surface area contributed by atoms with E-state index < -0.39 is 6.10 Å². The summed E-state index contributed by atoms with van der Waals surface area (Å²) in [6.45, 7) is 6.50. The first-order chi connectivity index (χ1) is 35.0. The van der Waals surface area contributed by atoms with E-state index >= 15 is 0 Å². The summed E-state index contributed by atoms with van der Waals surface area (Å²) in [5.74, 6) is -0.914. The summed E-state index contributed by atoms with van der Waals surface area (Å²) in [6, 6.07) is 0. The monoisotopic (exact) mass is 989 g/mol. The lowest BCUT2D eigenvalue weighted by Gasteiger charge is -2.18. The van der Waals surface area contributed by atoms with Crippen LogP contribution in [0.1, 0.15) is 290 Å². The van der Waals surface area contributed by atoms with E-state index in [-0.39, 0.29) is 31.1 Å². The Balaban J connectivity index is 4.42. The van der Waals surface area contributed by atoms with E-state index in [2.05, 4.69) is 106 Å². The summed E-state index contributed by atoms with van der Waals surface area (Å²) >= 11 is 0. The molecule has 0 aromatic carbocycles. The Labute approximate surface area is 439 Å². The Bertz CT molecular complexity index is 1370. The standard InChI is InChI=1S/C65H112O6/c1-4-7-10-13-16-19-22-25-28-30-32-34-37-39-42-45-48-51-54-57-63(66)69-60-62(71-65(68)59-56-53-50-47-44-41-36-27-24-21-18-15-12-9-6-3)61-70-64(67)58-55-52-49-46-43-40-38-35-33-31-29-26-23-20-17-14-11-8-5-2/h7,10,16-17,19-20,25-26,28-29,32,34,39,42,62H,4-6,8-9,11-15,18,21-24,27,30-31,33,35-38,40-41,43-61H2,1-3H3/b10-7-,19-16-,20-17-,28-25-,29-26-,34-32-,42-39-/t62-/m1/s1. The zero-order chi connectivity index (χ0) is 51.4. The molecule has 0 heterocycles. The number of hydrogen-bond acceptors (Lipinski definition) is 6. The third kappa shape index (κ3) is 57.4. The molecule has 0 bridgehead atoms. The lowest BCUT2D eigenvalue weighted by molar-refractivity contribution is -0.167. The number of rotatable bonds is 54. The quantitative estimate of drug-likeness (QED) is 0.0261. The third-order valence-corrected chi connectivity index (χ3v) is 12.9. The topological polar surface area (TPSA) is 78.9 Å². The first kappa shape index (κ1) is 67.6. The molecule has 71 heavy (non-hydrogen) atoms. The van der Waals surface area contributed by atoms with E-state index in [0.29, 0.717) is 19.3 Å². The van der Waals surface area contributed by atoms with Crippen molar-refractivity contribution in [3.63, 3.8) is 0 Å². The predicted octanol–water partition coefficient (Wildman–Crippen LogP) is 20.3. The third-order valence-electron chi connectivity index (χ3n) is 12.9. The molecule has 0 rings (SSSR count). The fourth-order valence-corrected chi connectivity index (χ4v) is 8.38. The van der Waals surface area contributed by atoms with Crippen molar-refractivity contribution in [2.45, 2.75) is 297 Å². The number of esters is 3. The van der Waals surface area contributed by atoms with Gasteiger partial charge in [-0.1, -0.05) is 260 Å². The minimum atomic E-state index is -0.791. The SMILES string of the molecule is CC/C=C\C/C=C\C/C=C\C/C=C\C/C=C\CCCCCC(=O)OC[C@H](COC(=O)CCCCCCCCCCC/C=C\C/C=C\CCCCC)OC(=O)CCCCCCCCCCCCCCCCC. The molecule has 6 nitrogen and oxygen atoms in total. The molecular weight excluding hydrogens is 877 g/mol. The molecule has 0 aliphatic carbocycles. The largest absolute Gasteiger partial charge is 0.462 e. The molecule has 0 spiro atoms. The van der Waals surface area contributed by atoms with Crippen molar-refractivity contribution in [1.82, 2.24) is 0 Å². The number of ether oxygens (including phenoxy) is 3. The number of allylic oxidation sites excluding steroid dienone is 14. The summed E-state index contributed by atoms with van der Waals surface area (Å²) in [4.78, 5) is 38.2.